The number of hydrogen-bond donors (Lipinski definition) is 0. The highest BCUT2D eigenvalue weighted by atomic mass is 127. The SMILES string of the molecule is N#Cc1c(S(=O)(=O)Cl)ccc(Br)c1I. The number of hydrogen-bond acceptors (Lipinski definition) is 3. The lowest BCUT2D eigenvalue weighted by Crippen LogP contribution is -1.97. The monoisotopic (exact) mass is 405 g/mol. The fraction of sp³-hybridized carbons (Fsp3) is 0. The summed E-state index contributed by atoms with van der Waals surface area (Å²) in [5.41, 5.74) is 0.0648. The van der Waals surface area contributed by atoms with Crippen LogP contribution >= 0.6 is 49.2 Å². The van der Waals surface area contributed by atoms with Crippen molar-refractivity contribution in [2.45, 2.75) is 4.90 Å². The normalized spacial score (nSPS) is 11.0. The van der Waals surface area contributed by atoms with Crippen molar-refractivity contribution in [3.05, 3.63) is 25.7 Å². The van der Waals surface area contributed by atoms with Gasteiger partial charge in [-0.3, -0.25) is 0 Å². The first-order valence-electron chi connectivity index (χ1n) is 3.20. The number of rotatable bonds is 1. The maximum Gasteiger partial charge on any atom is 0.262 e. The fourth-order valence-electron chi connectivity index (χ4n) is 0.840. The van der Waals surface area contributed by atoms with Crippen molar-refractivity contribution < 1.29 is 8.42 Å². The fourth-order valence-corrected chi connectivity index (χ4v) is 2.95. The number of halogens is 3. The molecule has 0 saturated carbocycles. The Morgan fingerprint density at radius 3 is 2.50 bits per heavy atom. The van der Waals surface area contributed by atoms with Gasteiger partial charge in [0.15, 0.2) is 0 Å². The minimum absolute atomic E-state index is 0.0648. The minimum Gasteiger partial charge on any atom is -0.207 e. The van der Waals surface area contributed by atoms with Crippen molar-refractivity contribution in [2.24, 2.45) is 0 Å². The van der Waals surface area contributed by atoms with Crippen molar-refractivity contribution in [3.8, 4) is 6.07 Å². The molecule has 0 saturated heterocycles. The molecule has 14 heavy (non-hydrogen) atoms. The molecule has 0 N–H and O–H groups in total. The molecule has 0 aliphatic heterocycles. The number of nitriles is 1. The zero-order chi connectivity index (χ0) is 10.9. The van der Waals surface area contributed by atoms with Gasteiger partial charge in [-0.05, 0) is 50.7 Å². The second-order valence-corrected chi connectivity index (χ2v) is 6.75. The van der Waals surface area contributed by atoms with E-state index in [1.54, 1.807) is 0 Å². The Bertz CT molecular complexity index is 523. The van der Waals surface area contributed by atoms with Crippen LogP contribution in [-0.2, 0) is 9.05 Å². The summed E-state index contributed by atoms with van der Waals surface area (Å²) in [6.45, 7) is 0. The van der Waals surface area contributed by atoms with Gasteiger partial charge in [-0.15, -0.1) is 0 Å². The largest absolute Gasteiger partial charge is 0.262 e. The van der Waals surface area contributed by atoms with Crippen molar-refractivity contribution in [2.75, 3.05) is 0 Å². The van der Waals surface area contributed by atoms with Gasteiger partial charge in [0, 0.05) is 18.7 Å². The first-order valence-corrected chi connectivity index (χ1v) is 7.39. The Balaban J connectivity index is 3.66. The molecule has 0 unspecified atom stereocenters. The third-order valence-corrected chi connectivity index (χ3v) is 5.32. The zero-order valence-corrected chi connectivity index (χ0v) is 11.8. The van der Waals surface area contributed by atoms with Gasteiger partial charge in [0.05, 0.1) is 5.56 Å². The van der Waals surface area contributed by atoms with Gasteiger partial charge >= 0.3 is 0 Å². The Kier molecular flexibility index (Phi) is 3.80. The third kappa shape index (κ3) is 2.39. The van der Waals surface area contributed by atoms with E-state index in [-0.39, 0.29) is 10.5 Å². The van der Waals surface area contributed by atoms with Gasteiger partial charge in [0.1, 0.15) is 11.0 Å². The molecule has 1 rings (SSSR count). The smallest absolute Gasteiger partial charge is 0.207 e. The average Bonchev–Trinajstić information content (AvgIpc) is 2.07. The van der Waals surface area contributed by atoms with Crippen LogP contribution in [-0.4, -0.2) is 8.42 Å². The van der Waals surface area contributed by atoms with Crippen LogP contribution in [0.1, 0.15) is 5.56 Å². The summed E-state index contributed by atoms with van der Waals surface area (Å²) in [4.78, 5) is -0.158. The van der Waals surface area contributed by atoms with Crippen LogP contribution < -0.4 is 0 Å². The quantitative estimate of drug-likeness (QED) is 0.532. The predicted molar refractivity (Wildman–Crippen MR) is 64.6 cm³/mol. The predicted octanol–water partition coefficient (Wildman–Crippen LogP) is 2.85. The van der Waals surface area contributed by atoms with Gasteiger partial charge in [-0.2, -0.15) is 5.26 Å². The number of benzene rings is 1. The van der Waals surface area contributed by atoms with E-state index in [4.69, 9.17) is 15.9 Å². The van der Waals surface area contributed by atoms with Crippen molar-refractivity contribution in [1.82, 2.24) is 0 Å². The second kappa shape index (κ2) is 4.35. The summed E-state index contributed by atoms with van der Waals surface area (Å²) in [5, 5.41) is 8.79. The maximum atomic E-state index is 11.1. The molecule has 0 spiro atoms. The molecular formula is C7H2BrClINO2S. The van der Waals surface area contributed by atoms with Crippen LogP contribution in [0.3, 0.4) is 0 Å². The van der Waals surface area contributed by atoms with E-state index in [1.165, 1.54) is 12.1 Å². The third-order valence-electron chi connectivity index (χ3n) is 1.43. The van der Waals surface area contributed by atoms with Gasteiger partial charge in [0.25, 0.3) is 9.05 Å². The van der Waals surface area contributed by atoms with E-state index in [9.17, 15) is 8.42 Å². The van der Waals surface area contributed by atoms with E-state index >= 15 is 0 Å². The maximum absolute atomic E-state index is 11.1. The molecule has 0 fully saturated rings. The zero-order valence-electron chi connectivity index (χ0n) is 6.46. The molecule has 0 aliphatic carbocycles. The Morgan fingerprint density at radius 2 is 2.07 bits per heavy atom. The molecular weight excluding hydrogens is 404 g/mol. The summed E-state index contributed by atoms with van der Waals surface area (Å²) in [7, 11) is 1.31. The molecule has 0 radical (unpaired) electrons. The van der Waals surface area contributed by atoms with E-state index in [1.807, 2.05) is 28.7 Å². The molecule has 0 bridgehead atoms. The van der Waals surface area contributed by atoms with E-state index < -0.39 is 9.05 Å². The minimum atomic E-state index is -3.86. The molecule has 1 aromatic carbocycles. The van der Waals surface area contributed by atoms with Crippen molar-refractivity contribution >= 4 is 58.3 Å². The van der Waals surface area contributed by atoms with E-state index in [2.05, 4.69) is 15.9 Å². The molecule has 7 heteroatoms. The summed E-state index contributed by atoms with van der Waals surface area (Å²) in [5.74, 6) is 0. The lowest BCUT2D eigenvalue weighted by atomic mass is 10.2. The molecule has 0 aliphatic rings. The lowest BCUT2D eigenvalue weighted by Gasteiger charge is -2.03. The number of nitrogens with zero attached hydrogens (tertiary/aromatic N) is 1. The van der Waals surface area contributed by atoms with Crippen LogP contribution in [0, 0.1) is 14.9 Å². The summed E-state index contributed by atoms with van der Waals surface area (Å²) in [6, 6.07) is 4.65. The molecule has 0 atom stereocenters. The van der Waals surface area contributed by atoms with Crippen LogP contribution in [0.4, 0.5) is 0 Å². The Hall–Kier alpha value is 0.160. The standard InChI is InChI=1S/C7H2BrClINO2S/c8-5-1-2-6(14(9,12)13)4(3-11)7(5)10/h1-2H. The molecule has 0 amide bonds. The van der Waals surface area contributed by atoms with Gasteiger partial charge < -0.3 is 0 Å². The Morgan fingerprint density at radius 1 is 1.50 bits per heavy atom. The first-order chi connectivity index (χ1) is 6.38. The van der Waals surface area contributed by atoms with Gasteiger partial charge in [0.2, 0.25) is 0 Å². The molecule has 0 aromatic heterocycles. The first kappa shape index (κ1) is 12.2. The highest BCUT2D eigenvalue weighted by molar-refractivity contribution is 14.1. The van der Waals surface area contributed by atoms with Crippen LogP contribution in [0.2, 0.25) is 0 Å². The summed E-state index contributed by atoms with van der Waals surface area (Å²) in [6.07, 6.45) is 0. The van der Waals surface area contributed by atoms with Crippen LogP contribution in [0.15, 0.2) is 21.5 Å². The van der Waals surface area contributed by atoms with Crippen molar-refractivity contribution in [3.63, 3.8) is 0 Å². The van der Waals surface area contributed by atoms with Crippen LogP contribution in [0.5, 0.6) is 0 Å². The summed E-state index contributed by atoms with van der Waals surface area (Å²) >= 11 is 5.07. The second-order valence-electron chi connectivity index (χ2n) is 2.28. The van der Waals surface area contributed by atoms with Crippen molar-refractivity contribution in [1.29, 1.82) is 5.26 Å². The van der Waals surface area contributed by atoms with Crippen LogP contribution in [0.25, 0.3) is 0 Å². The van der Waals surface area contributed by atoms with E-state index in [0.29, 0.717) is 8.04 Å². The highest BCUT2D eigenvalue weighted by Crippen LogP contribution is 2.29. The molecule has 74 valence electrons. The topological polar surface area (TPSA) is 57.9 Å². The summed E-state index contributed by atoms with van der Waals surface area (Å²) < 4.78 is 23.3. The lowest BCUT2D eigenvalue weighted by molar-refractivity contribution is 0.609. The molecule has 0 heterocycles. The molecule has 1 aromatic rings. The average molecular weight is 406 g/mol. The van der Waals surface area contributed by atoms with Gasteiger partial charge in [-0.1, -0.05) is 0 Å². The van der Waals surface area contributed by atoms with E-state index in [0.717, 1.165) is 0 Å². The van der Waals surface area contributed by atoms with Gasteiger partial charge in [-0.25, -0.2) is 8.42 Å². The Labute approximate surface area is 108 Å². The highest BCUT2D eigenvalue weighted by Gasteiger charge is 2.19. The molecule has 3 nitrogen and oxygen atoms in total.